The molecule has 2 aromatic rings. The van der Waals surface area contributed by atoms with E-state index in [1.54, 1.807) is 26.0 Å². The van der Waals surface area contributed by atoms with Gasteiger partial charge < -0.3 is 5.11 Å². The summed E-state index contributed by atoms with van der Waals surface area (Å²) in [6.07, 6.45) is 4.11. The van der Waals surface area contributed by atoms with Crippen LogP contribution in [0.15, 0.2) is 70.2 Å². The second-order valence-corrected chi connectivity index (χ2v) is 11.1. The maximum absolute atomic E-state index is 13.7. The average Bonchev–Trinajstić information content (AvgIpc) is 3.46. The number of phenolic OH excluding ortho intramolecular Hbond substituents is 1. The highest BCUT2D eigenvalue weighted by molar-refractivity contribution is 7.09. The number of aromatic hydroxyl groups is 1. The molecular formula is C29H25NO5S. The summed E-state index contributed by atoms with van der Waals surface area (Å²) in [5, 5.41) is 12.0. The van der Waals surface area contributed by atoms with Gasteiger partial charge in [-0.3, -0.25) is 24.1 Å². The van der Waals surface area contributed by atoms with Gasteiger partial charge in [0, 0.05) is 27.5 Å². The first-order chi connectivity index (χ1) is 17.3. The quantitative estimate of drug-likeness (QED) is 0.384. The summed E-state index contributed by atoms with van der Waals surface area (Å²) in [4.78, 5) is 55.9. The van der Waals surface area contributed by atoms with Crippen LogP contribution in [0.3, 0.4) is 0 Å². The van der Waals surface area contributed by atoms with Gasteiger partial charge in [0.1, 0.15) is 5.75 Å². The van der Waals surface area contributed by atoms with Gasteiger partial charge in [-0.1, -0.05) is 29.8 Å². The van der Waals surface area contributed by atoms with E-state index in [0.717, 1.165) is 16.0 Å². The van der Waals surface area contributed by atoms with Crippen LogP contribution in [-0.2, 0) is 25.7 Å². The Morgan fingerprint density at radius 2 is 1.86 bits per heavy atom. The lowest BCUT2D eigenvalue weighted by Gasteiger charge is -2.42. The standard InChI is InChI=1S/C29H25NO5S/c1-14-10-16(5-8-22(14)31)24-18-6-7-19-25(29(35)30(28(19)34)13-17-4-3-9-36-17)20(18)12-21-23(32)11-15(2)27(33)26(21)24/h3-6,8-11,19-20,24-25,31H,7,12-13H2,1-2H3. The van der Waals surface area contributed by atoms with Gasteiger partial charge in [0.15, 0.2) is 11.6 Å². The Morgan fingerprint density at radius 1 is 1.06 bits per heavy atom. The molecule has 1 N–H and O–H groups in total. The highest BCUT2D eigenvalue weighted by Crippen LogP contribution is 2.55. The summed E-state index contributed by atoms with van der Waals surface area (Å²) in [6, 6.07) is 9.04. The second-order valence-electron chi connectivity index (χ2n) is 10.1. The van der Waals surface area contributed by atoms with Crippen molar-refractivity contribution in [2.45, 2.75) is 39.2 Å². The molecule has 1 aromatic heterocycles. The first-order valence-electron chi connectivity index (χ1n) is 12.1. The number of aryl methyl sites for hydroxylation is 1. The van der Waals surface area contributed by atoms with Crippen molar-refractivity contribution in [3.8, 4) is 5.75 Å². The smallest absolute Gasteiger partial charge is 0.234 e. The number of hydrogen-bond donors (Lipinski definition) is 1. The minimum absolute atomic E-state index is 0.154. The molecule has 1 saturated heterocycles. The molecule has 2 amide bonds. The maximum Gasteiger partial charge on any atom is 0.234 e. The molecule has 6 rings (SSSR count). The number of allylic oxidation sites excluding steroid dienone is 6. The third kappa shape index (κ3) is 3.29. The summed E-state index contributed by atoms with van der Waals surface area (Å²) >= 11 is 1.51. The number of benzene rings is 1. The molecule has 4 atom stereocenters. The Balaban J connectivity index is 1.46. The van der Waals surface area contributed by atoms with Crippen LogP contribution in [0.1, 0.15) is 41.7 Å². The summed E-state index contributed by atoms with van der Waals surface area (Å²) in [5.41, 5.74) is 3.72. The van der Waals surface area contributed by atoms with E-state index in [9.17, 15) is 24.3 Å². The van der Waals surface area contributed by atoms with Crippen LogP contribution in [-0.4, -0.2) is 33.4 Å². The van der Waals surface area contributed by atoms with E-state index in [1.165, 1.54) is 22.3 Å². The van der Waals surface area contributed by atoms with E-state index < -0.39 is 17.8 Å². The van der Waals surface area contributed by atoms with E-state index in [0.29, 0.717) is 28.7 Å². The molecule has 6 nitrogen and oxygen atoms in total. The third-order valence-electron chi connectivity index (χ3n) is 8.10. The van der Waals surface area contributed by atoms with Crippen LogP contribution < -0.4 is 0 Å². The minimum atomic E-state index is -0.554. The van der Waals surface area contributed by atoms with E-state index in [-0.39, 0.29) is 48.0 Å². The number of phenols is 1. The van der Waals surface area contributed by atoms with Crippen LogP contribution in [0, 0.1) is 24.7 Å². The molecule has 1 aliphatic heterocycles. The number of imide groups is 1. The molecule has 0 bridgehead atoms. The van der Waals surface area contributed by atoms with Crippen molar-refractivity contribution in [3.05, 3.63) is 86.2 Å². The molecule has 0 saturated carbocycles. The average molecular weight is 500 g/mol. The number of rotatable bonds is 3. The summed E-state index contributed by atoms with van der Waals surface area (Å²) in [6.45, 7) is 3.71. The molecule has 0 radical (unpaired) electrons. The van der Waals surface area contributed by atoms with Crippen molar-refractivity contribution in [2.24, 2.45) is 17.8 Å². The first-order valence-corrected chi connectivity index (χ1v) is 13.0. The molecule has 1 fully saturated rings. The summed E-state index contributed by atoms with van der Waals surface area (Å²) in [5.74, 6) is -2.40. The number of carbonyl (C=O) groups is 4. The second kappa shape index (κ2) is 8.23. The van der Waals surface area contributed by atoms with Crippen LogP contribution in [0.25, 0.3) is 0 Å². The molecule has 36 heavy (non-hydrogen) atoms. The Hall–Kier alpha value is -3.58. The van der Waals surface area contributed by atoms with Crippen LogP contribution >= 0.6 is 11.3 Å². The van der Waals surface area contributed by atoms with Crippen molar-refractivity contribution in [3.63, 3.8) is 0 Å². The van der Waals surface area contributed by atoms with Gasteiger partial charge in [0.25, 0.3) is 0 Å². The Morgan fingerprint density at radius 3 is 2.58 bits per heavy atom. The van der Waals surface area contributed by atoms with Crippen LogP contribution in [0.2, 0.25) is 0 Å². The van der Waals surface area contributed by atoms with Gasteiger partial charge in [-0.05, 0) is 67.3 Å². The number of Topliss-reactive ketones (excluding diaryl/α,β-unsaturated/α-hetero) is 1. The van der Waals surface area contributed by atoms with Crippen molar-refractivity contribution < 1.29 is 24.3 Å². The number of amides is 2. The summed E-state index contributed by atoms with van der Waals surface area (Å²) in [7, 11) is 0. The SMILES string of the molecule is CC1=CC(=O)C2=C(C1=O)C(c1ccc(O)c(C)c1)C1=CCC3C(=O)N(Cc4cccs4)C(=O)C3C1C2. The Bertz CT molecular complexity index is 1440. The van der Waals surface area contributed by atoms with Crippen LogP contribution in [0.5, 0.6) is 5.75 Å². The highest BCUT2D eigenvalue weighted by atomic mass is 32.1. The van der Waals surface area contributed by atoms with E-state index in [4.69, 9.17) is 0 Å². The van der Waals surface area contributed by atoms with E-state index >= 15 is 0 Å². The topological polar surface area (TPSA) is 91.8 Å². The fourth-order valence-corrected chi connectivity index (χ4v) is 7.07. The number of ketones is 2. The lowest BCUT2D eigenvalue weighted by Crippen LogP contribution is -2.39. The van der Waals surface area contributed by atoms with Crippen molar-refractivity contribution in [1.82, 2.24) is 4.90 Å². The summed E-state index contributed by atoms with van der Waals surface area (Å²) < 4.78 is 0. The molecule has 7 heteroatoms. The number of likely N-dealkylation sites (tertiary alicyclic amines) is 1. The van der Waals surface area contributed by atoms with Gasteiger partial charge in [0.2, 0.25) is 11.8 Å². The van der Waals surface area contributed by atoms with Gasteiger partial charge in [-0.25, -0.2) is 0 Å². The maximum atomic E-state index is 13.7. The fourth-order valence-electron chi connectivity index (χ4n) is 6.38. The third-order valence-corrected chi connectivity index (χ3v) is 8.97. The first kappa shape index (κ1) is 22.9. The molecule has 4 aliphatic rings. The monoisotopic (exact) mass is 499 g/mol. The normalized spacial score (nSPS) is 27.6. The molecule has 3 aliphatic carbocycles. The largest absolute Gasteiger partial charge is 0.508 e. The predicted octanol–water partition coefficient (Wildman–Crippen LogP) is 4.39. The lowest BCUT2D eigenvalue weighted by molar-refractivity contribution is -0.140. The van der Waals surface area contributed by atoms with Gasteiger partial charge in [-0.15, -0.1) is 11.3 Å². The zero-order valence-corrected chi connectivity index (χ0v) is 20.8. The Kier molecular flexibility index (Phi) is 5.23. The van der Waals surface area contributed by atoms with Crippen molar-refractivity contribution in [1.29, 1.82) is 0 Å². The predicted molar refractivity (Wildman–Crippen MR) is 134 cm³/mol. The molecular weight excluding hydrogens is 474 g/mol. The van der Waals surface area contributed by atoms with Gasteiger partial charge in [-0.2, -0.15) is 0 Å². The zero-order valence-electron chi connectivity index (χ0n) is 20.0. The number of fused-ring (bicyclic) bond motifs is 3. The van der Waals surface area contributed by atoms with E-state index in [2.05, 4.69) is 0 Å². The molecule has 0 spiro atoms. The minimum Gasteiger partial charge on any atom is -0.508 e. The fraction of sp³-hybridized carbons (Fsp3) is 0.310. The van der Waals surface area contributed by atoms with Crippen LogP contribution in [0.4, 0.5) is 0 Å². The zero-order chi connectivity index (χ0) is 25.3. The van der Waals surface area contributed by atoms with Crippen molar-refractivity contribution in [2.75, 3.05) is 0 Å². The Labute approximate surface area is 212 Å². The lowest BCUT2D eigenvalue weighted by atomic mass is 9.59. The van der Waals surface area contributed by atoms with E-state index in [1.807, 2.05) is 29.7 Å². The molecule has 4 unspecified atom stereocenters. The molecule has 2 heterocycles. The van der Waals surface area contributed by atoms with Crippen molar-refractivity contribution >= 4 is 34.7 Å². The number of hydrogen-bond acceptors (Lipinski definition) is 6. The molecule has 1 aromatic carbocycles. The number of carbonyl (C=O) groups excluding carboxylic acids is 4. The number of thiophene rings is 1. The number of nitrogens with zero attached hydrogens (tertiary/aromatic N) is 1. The highest BCUT2D eigenvalue weighted by Gasteiger charge is 2.56. The molecule has 182 valence electrons. The van der Waals surface area contributed by atoms with Gasteiger partial charge >= 0.3 is 0 Å². The van der Waals surface area contributed by atoms with Gasteiger partial charge in [0.05, 0.1) is 18.4 Å².